The molecule has 0 fully saturated rings. The molecule has 21 heavy (non-hydrogen) atoms. The molecule has 2 rings (SSSR count). The number of aromatic nitrogens is 1. The first-order valence-electron chi connectivity index (χ1n) is 6.37. The largest absolute Gasteiger partial charge is 0.465 e. The molecule has 0 unspecified atom stereocenters. The van der Waals surface area contributed by atoms with Gasteiger partial charge in [-0.2, -0.15) is 0 Å². The fraction of sp³-hybridized carbons (Fsp3) is 0.267. The number of amides is 1. The minimum atomic E-state index is -0.447. The third-order valence-corrected chi connectivity index (χ3v) is 4.29. The summed E-state index contributed by atoms with van der Waals surface area (Å²) in [6, 6.07) is 5.55. The van der Waals surface area contributed by atoms with Gasteiger partial charge in [-0.05, 0) is 38.0 Å². The second-order valence-electron chi connectivity index (χ2n) is 4.63. The number of nitrogens with one attached hydrogen (secondary N) is 1. The Hall–Kier alpha value is -2.21. The summed E-state index contributed by atoms with van der Waals surface area (Å²) in [6.45, 7) is 5.56. The molecule has 0 atom stereocenters. The molecule has 0 saturated carbocycles. The molecule has 2 aromatic rings. The first kappa shape index (κ1) is 15.2. The van der Waals surface area contributed by atoms with Crippen molar-refractivity contribution in [3.8, 4) is 0 Å². The Morgan fingerprint density at radius 2 is 1.95 bits per heavy atom. The summed E-state index contributed by atoms with van der Waals surface area (Å²) in [5, 5.41) is 3.11. The smallest absolute Gasteiger partial charge is 0.350 e. The molecule has 1 N–H and O–H groups in total. The fourth-order valence-corrected chi connectivity index (χ4v) is 2.77. The number of methoxy groups -OCH3 is 1. The lowest BCUT2D eigenvalue weighted by Gasteiger charge is -2.07. The van der Waals surface area contributed by atoms with Gasteiger partial charge in [0.05, 0.1) is 12.8 Å². The molecule has 0 aliphatic rings. The van der Waals surface area contributed by atoms with Gasteiger partial charge in [-0.25, -0.2) is 9.78 Å². The van der Waals surface area contributed by atoms with Crippen LogP contribution in [0.1, 0.15) is 36.9 Å². The molecule has 0 aliphatic heterocycles. The zero-order valence-electron chi connectivity index (χ0n) is 12.3. The number of nitrogens with zero attached hydrogens (tertiary/aromatic N) is 1. The fourth-order valence-electron chi connectivity index (χ4n) is 1.89. The molecule has 1 heterocycles. The van der Waals surface area contributed by atoms with Crippen molar-refractivity contribution >= 4 is 28.3 Å². The van der Waals surface area contributed by atoms with E-state index in [0.29, 0.717) is 21.3 Å². The van der Waals surface area contributed by atoms with Crippen LogP contribution in [0.2, 0.25) is 0 Å². The van der Waals surface area contributed by atoms with Crippen LogP contribution in [0.3, 0.4) is 0 Å². The quantitative estimate of drug-likeness (QED) is 0.885. The van der Waals surface area contributed by atoms with Crippen LogP contribution in [-0.4, -0.2) is 24.0 Å². The predicted octanol–water partition coefficient (Wildman–Crippen LogP) is 3.11. The number of thiazole rings is 1. The highest BCUT2D eigenvalue weighted by Crippen LogP contribution is 2.24. The summed E-state index contributed by atoms with van der Waals surface area (Å²) in [5.41, 5.74) is 3.12. The second-order valence-corrected chi connectivity index (χ2v) is 5.63. The van der Waals surface area contributed by atoms with Crippen molar-refractivity contribution < 1.29 is 14.3 Å². The average molecular weight is 304 g/mol. The summed E-state index contributed by atoms with van der Waals surface area (Å²) in [5.74, 6) is -0.682. The maximum Gasteiger partial charge on any atom is 0.350 e. The van der Waals surface area contributed by atoms with Gasteiger partial charge in [0.25, 0.3) is 5.91 Å². The summed E-state index contributed by atoms with van der Waals surface area (Å²) in [7, 11) is 1.32. The Labute approximate surface area is 127 Å². The molecular formula is C15H16N2O3S. The van der Waals surface area contributed by atoms with Gasteiger partial charge in [0, 0.05) is 5.56 Å². The van der Waals surface area contributed by atoms with E-state index in [1.807, 2.05) is 26.0 Å². The molecule has 1 aromatic carbocycles. The van der Waals surface area contributed by atoms with Crippen molar-refractivity contribution in [3.63, 3.8) is 0 Å². The Morgan fingerprint density at radius 3 is 2.62 bits per heavy atom. The molecule has 0 radical (unpaired) electrons. The Bertz CT molecular complexity index is 707. The number of rotatable bonds is 3. The molecule has 0 aliphatic carbocycles. The van der Waals surface area contributed by atoms with Crippen molar-refractivity contribution in [2.45, 2.75) is 20.8 Å². The Balaban J connectivity index is 2.24. The molecule has 110 valence electrons. The highest BCUT2D eigenvalue weighted by molar-refractivity contribution is 7.17. The lowest BCUT2D eigenvalue weighted by molar-refractivity contribution is 0.0605. The molecule has 1 aromatic heterocycles. The number of hydrogen-bond donors (Lipinski definition) is 1. The van der Waals surface area contributed by atoms with Crippen LogP contribution in [0.5, 0.6) is 0 Å². The van der Waals surface area contributed by atoms with Crippen LogP contribution >= 0.6 is 11.3 Å². The number of benzene rings is 1. The summed E-state index contributed by atoms with van der Waals surface area (Å²) in [6.07, 6.45) is 0. The van der Waals surface area contributed by atoms with Crippen LogP contribution in [-0.2, 0) is 4.74 Å². The molecule has 5 nitrogen and oxygen atoms in total. The standard InChI is InChI=1S/C15H16N2O3S/c1-8-6-5-7-11(9(8)2)13(18)17-15-16-10(3)12(21-15)14(19)20-4/h5-7H,1-4H3,(H,16,17,18). The maximum atomic E-state index is 12.3. The summed E-state index contributed by atoms with van der Waals surface area (Å²) < 4.78 is 4.67. The minimum Gasteiger partial charge on any atom is -0.465 e. The highest BCUT2D eigenvalue weighted by atomic mass is 32.1. The van der Waals surface area contributed by atoms with Crippen molar-refractivity contribution in [2.75, 3.05) is 12.4 Å². The maximum absolute atomic E-state index is 12.3. The van der Waals surface area contributed by atoms with Crippen LogP contribution < -0.4 is 5.32 Å². The van der Waals surface area contributed by atoms with E-state index in [2.05, 4.69) is 15.0 Å². The molecule has 0 saturated heterocycles. The van der Waals surface area contributed by atoms with Crippen LogP contribution in [0.4, 0.5) is 5.13 Å². The molecule has 0 bridgehead atoms. The van der Waals surface area contributed by atoms with Gasteiger partial charge in [-0.3, -0.25) is 10.1 Å². The molecular weight excluding hydrogens is 288 g/mol. The van der Waals surface area contributed by atoms with E-state index in [1.165, 1.54) is 7.11 Å². The first-order valence-corrected chi connectivity index (χ1v) is 7.19. The average Bonchev–Trinajstić information content (AvgIpc) is 2.81. The van der Waals surface area contributed by atoms with Crippen LogP contribution in [0.15, 0.2) is 18.2 Å². The van der Waals surface area contributed by atoms with Gasteiger partial charge in [0.2, 0.25) is 0 Å². The number of carbonyl (C=O) groups excluding carboxylic acids is 2. The minimum absolute atomic E-state index is 0.235. The normalized spacial score (nSPS) is 10.3. The SMILES string of the molecule is COC(=O)c1sc(NC(=O)c2cccc(C)c2C)nc1C. The summed E-state index contributed by atoms with van der Waals surface area (Å²) >= 11 is 1.11. The topological polar surface area (TPSA) is 68.3 Å². The van der Waals surface area contributed by atoms with E-state index >= 15 is 0 Å². The number of hydrogen-bond acceptors (Lipinski definition) is 5. The van der Waals surface area contributed by atoms with Gasteiger partial charge in [-0.15, -0.1) is 0 Å². The van der Waals surface area contributed by atoms with Crippen molar-refractivity contribution in [1.29, 1.82) is 0 Å². The number of esters is 1. The predicted molar refractivity (Wildman–Crippen MR) is 82.1 cm³/mol. The van der Waals surface area contributed by atoms with E-state index in [9.17, 15) is 9.59 Å². The van der Waals surface area contributed by atoms with E-state index < -0.39 is 5.97 Å². The third-order valence-electron chi connectivity index (χ3n) is 3.24. The lowest BCUT2D eigenvalue weighted by atomic mass is 10.0. The second kappa shape index (κ2) is 6.05. The lowest BCUT2D eigenvalue weighted by Crippen LogP contribution is -2.13. The Kier molecular flexibility index (Phi) is 4.37. The van der Waals surface area contributed by atoms with Crippen LogP contribution in [0, 0.1) is 20.8 Å². The zero-order valence-corrected chi connectivity index (χ0v) is 13.1. The van der Waals surface area contributed by atoms with E-state index in [4.69, 9.17) is 0 Å². The first-order chi connectivity index (χ1) is 9.93. The number of aryl methyl sites for hydroxylation is 2. The number of ether oxygens (including phenoxy) is 1. The van der Waals surface area contributed by atoms with Crippen molar-refractivity contribution in [1.82, 2.24) is 4.98 Å². The molecule has 0 spiro atoms. The van der Waals surface area contributed by atoms with Gasteiger partial charge < -0.3 is 4.74 Å². The van der Waals surface area contributed by atoms with Crippen molar-refractivity contribution in [3.05, 3.63) is 45.5 Å². The Morgan fingerprint density at radius 1 is 1.24 bits per heavy atom. The van der Waals surface area contributed by atoms with Crippen molar-refractivity contribution in [2.24, 2.45) is 0 Å². The van der Waals surface area contributed by atoms with Gasteiger partial charge in [0.1, 0.15) is 4.88 Å². The van der Waals surface area contributed by atoms with Gasteiger partial charge in [0.15, 0.2) is 5.13 Å². The molecule has 1 amide bonds. The summed E-state index contributed by atoms with van der Waals surface area (Å²) in [4.78, 5) is 28.4. The number of anilines is 1. The van der Waals surface area contributed by atoms with Gasteiger partial charge >= 0.3 is 5.97 Å². The third kappa shape index (κ3) is 3.11. The highest BCUT2D eigenvalue weighted by Gasteiger charge is 2.18. The zero-order chi connectivity index (χ0) is 15.6. The van der Waals surface area contributed by atoms with E-state index in [0.717, 1.165) is 22.5 Å². The van der Waals surface area contributed by atoms with Crippen LogP contribution in [0.25, 0.3) is 0 Å². The van der Waals surface area contributed by atoms with E-state index in [1.54, 1.807) is 13.0 Å². The number of carbonyl (C=O) groups is 2. The van der Waals surface area contributed by atoms with E-state index in [-0.39, 0.29) is 5.91 Å². The molecule has 6 heteroatoms. The monoisotopic (exact) mass is 304 g/mol. The van der Waals surface area contributed by atoms with Gasteiger partial charge in [-0.1, -0.05) is 23.5 Å².